The first-order valence-corrected chi connectivity index (χ1v) is 6.92. The number of carbonyl (C=O) groups is 1. The summed E-state index contributed by atoms with van der Waals surface area (Å²) in [6.45, 7) is 8.06. The molecule has 1 amide bonds. The Kier molecular flexibility index (Phi) is 13.2. The maximum absolute atomic E-state index is 11.7. The predicted molar refractivity (Wildman–Crippen MR) is 85.2 cm³/mol. The SMILES string of the molecule is CCN(CC)CCNC(=O)C[C@@H]1CCC[C@H]1N.Cl.Cl. The van der Waals surface area contributed by atoms with Crippen molar-refractivity contribution in [3.05, 3.63) is 0 Å². The van der Waals surface area contributed by atoms with Gasteiger partial charge in [0.15, 0.2) is 0 Å². The zero-order chi connectivity index (χ0) is 12.7. The number of likely N-dealkylation sites (N-methyl/N-ethyl adjacent to an activating group) is 1. The van der Waals surface area contributed by atoms with Gasteiger partial charge in [-0.25, -0.2) is 0 Å². The van der Waals surface area contributed by atoms with E-state index in [0.717, 1.165) is 39.0 Å². The molecule has 1 rings (SSSR count). The highest BCUT2D eigenvalue weighted by Gasteiger charge is 2.25. The minimum Gasteiger partial charge on any atom is -0.355 e. The number of nitrogens with one attached hydrogen (secondary N) is 1. The van der Waals surface area contributed by atoms with Gasteiger partial charge in [-0.15, -0.1) is 24.8 Å². The van der Waals surface area contributed by atoms with E-state index >= 15 is 0 Å². The molecule has 0 unspecified atom stereocenters. The van der Waals surface area contributed by atoms with Crippen LogP contribution in [0.25, 0.3) is 0 Å². The molecule has 0 heterocycles. The van der Waals surface area contributed by atoms with Gasteiger partial charge in [-0.3, -0.25) is 4.79 Å². The summed E-state index contributed by atoms with van der Waals surface area (Å²) in [5, 5.41) is 2.99. The van der Waals surface area contributed by atoms with E-state index in [0.29, 0.717) is 12.3 Å². The zero-order valence-corrected chi connectivity index (χ0v) is 13.7. The number of nitrogens with two attached hydrogens (primary N) is 1. The van der Waals surface area contributed by atoms with Gasteiger partial charge in [0.2, 0.25) is 5.91 Å². The maximum Gasteiger partial charge on any atom is 0.220 e. The third-order valence-corrected chi connectivity index (χ3v) is 3.81. The Morgan fingerprint density at radius 1 is 1.26 bits per heavy atom. The number of hydrogen-bond acceptors (Lipinski definition) is 3. The van der Waals surface area contributed by atoms with Crippen LogP contribution in [0, 0.1) is 5.92 Å². The topological polar surface area (TPSA) is 58.4 Å². The third-order valence-electron chi connectivity index (χ3n) is 3.81. The van der Waals surface area contributed by atoms with Crippen LogP contribution in [0.4, 0.5) is 0 Å². The van der Waals surface area contributed by atoms with Gasteiger partial charge in [0.25, 0.3) is 0 Å². The van der Waals surface area contributed by atoms with Gasteiger partial charge in [0.1, 0.15) is 0 Å². The molecule has 3 N–H and O–H groups in total. The molecule has 4 nitrogen and oxygen atoms in total. The molecule has 6 heteroatoms. The Hall–Kier alpha value is -0.0300. The van der Waals surface area contributed by atoms with E-state index in [1.807, 2.05) is 0 Å². The van der Waals surface area contributed by atoms with Gasteiger partial charge in [0, 0.05) is 25.6 Å². The molecule has 1 aliphatic rings. The number of rotatable bonds is 7. The first-order valence-electron chi connectivity index (χ1n) is 6.92. The zero-order valence-electron chi connectivity index (χ0n) is 12.1. The molecule has 0 aromatic heterocycles. The maximum atomic E-state index is 11.7. The van der Waals surface area contributed by atoms with Gasteiger partial charge in [-0.2, -0.15) is 0 Å². The molecule has 1 fully saturated rings. The Bertz CT molecular complexity index is 238. The molecule has 0 aromatic rings. The molecule has 116 valence electrons. The normalized spacial score (nSPS) is 21.7. The average Bonchev–Trinajstić information content (AvgIpc) is 2.71. The van der Waals surface area contributed by atoms with Crippen molar-refractivity contribution in [3.8, 4) is 0 Å². The van der Waals surface area contributed by atoms with E-state index < -0.39 is 0 Å². The van der Waals surface area contributed by atoms with Crippen molar-refractivity contribution >= 4 is 30.7 Å². The van der Waals surface area contributed by atoms with Gasteiger partial charge in [-0.05, 0) is 31.8 Å². The Labute approximate surface area is 129 Å². The van der Waals surface area contributed by atoms with Gasteiger partial charge in [0.05, 0.1) is 0 Å². The van der Waals surface area contributed by atoms with Gasteiger partial charge in [-0.1, -0.05) is 20.3 Å². The summed E-state index contributed by atoms with van der Waals surface area (Å²) in [5.41, 5.74) is 5.96. The summed E-state index contributed by atoms with van der Waals surface area (Å²) < 4.78 is 0. The van der Waals surface area contributed by atoms with Crippen molar-refractivity contribution in [3.63, 3.8) is 0 Å². The van der Waals surface area contributed by atoms with E-state index in [-0.39, 0.29) is 36.8 Å². The summed E-state index contributed by atoms with van der Waals surface area (Å²) in [6.07, 6.45) is 3.99. The second-order valence-corrected chi connectivity index (χ2v) is 4.94. The molecule has 0 aliphatic heterocycles. The van der Waals surface area contributed by atoms with E-state index in [1.165, 1.54) is 6.42 Å². The van der Waals surface area contributed by atoms with Crippen molar-refractivity contribution < 1.29 is 4.79 Å². The van der Waals surface area contributed by atoms with E-state index in [4.69, 9.17) is 5.73 Å². The van der Waals surface area contributed by atoms with E-state index in [2.05, 4.69) is 24.1 Å². The second-order valence-electron chi connectivity index (χ2n) is 4.94. The van der Waals surface area contributed by atoms with Crippen molar-refractivity contribution in [2.45, 2.75) is 45.6 Å². The first-order chi connectivity index (χ1) is 8.17. The average molecular weight is 314 g/mol. The minimum absolute atomic E-state index is 0. The fourth-order valence-corrected chi connectivity index (χ4v) is 2.52. The largest absolute Gasteiger partial charge is 0.355 e. The van der Waals surface area contributed by atoms with Crippen LogP contribution in [-0.2, 0) is 4.79 Å². The molecule has 19 heavy (non-hydrogen) atoms. The molecule has 0 radical (unpaired) electrons. The molecule has 0 aromatic carbocycles. The predicted octanol–water partition coefficient (Wildman–Crippen LogP) is 1.81. The quantitative estimate of drug-likeness (QED) is 0.753. The number of carbonyl (C=O) groups excluding carboxylic acids is 1. The summed E-state index contributed by atoms with van der Waals surface area (Å²) in [7, 11) is 0. The number of nitrogens with zero attached hydrogens (tertiary/aromatic N) is 1. The van der Waals surface area contributed by atoms with Crippen LogP contribution in [0.15, 0.2) is 0 Å². The lowest BCUT2D eigenvalue weighted by Gasteiger charge is -2.19. The molecular weight excluding hydrogens is 285 g/mol. The third kappa shape index (κ3) is 7.98. The molecular formula is C13H29Cl2N3O. The molecule has 0 bridgehead atoms. The van der Waals surface area contributed by atoms with Crippen molar-refractivity contribution in [2.75, 3.05) is 26.2 Å². The second kappa shape index (κ2) is 11.8. The first kappa shape index (κ1) is 21.3. The minimum atomic E-state index is 0. The molecule has 2 atom stereocenters. The monoisotopic (exact) mass is 313 g/mol. The number of amides is 1. The standard InChI is InChI=1S/C13H27N3O.2ClH/c1-3-16(4-2)9-8-15-13(17)10-11-6-5-7-12(11)14;;/h11-12H,3-10,14H2,1-2H3,(H,15,17);2*1H/t11-,12+;;/m0../s1. The smallest absolute Gasteiger partial charge is 0.220 e. The Balaban J connectivity index is 0. The lowest BCUT2D eigenvalue weighted by molar-refractivity contribution is -0.122. The van der Waals surface area contributed by atoms with Crippen molar-refractivity contribution in [2.24, 2.45) is 11.7 Å². The van der Waals surface area contributed by atoms with Crippen LogP contribution < -0.4 is 11.1 Å². The van der Waals surface area contributed by atoms with Gasteiger partial charge >= 0.3 is 0 Å². The molecule has 1 aliphatic carbocycles. The fraction of sp³-hybridized carbons (Fsp3) is 0.923. The van der Waals surface area contributed by atoms with Crippen LogP contribution in [0.5, 0.6) is 0 Å². The van der Waals surface area contributed by atoms with Crippen LogP contribution >= 0.6 is 24.8 Å². The summed E-state index contributed by atoms with van der Waals surface area (Å²) in [4.78, 5) is 14.0. The van der Waals surface area contributed by atoms with Crippen molar-refractivity contribution in [1.29, 1.82) is 0 Å². The molecule has 0 spiro atoms. The Morgan fingerprint density at radius 3 is 2.37 bits per heavy atom. The van der Waals surface area contributed by atoms with E-state index in [9.17, 15) is 4.79 Å². The van der Waals surface area contributed by atoms with Crippen LogP contribution in [-0.4, -0.2) is 43.0 Å². The highest BCUT2D eigenvalue weighted by Crippen LogP contribution is 2.26. The van der Waals surface area contributed by atoms with Crippen LogP contribution in [0.2, 0.25) is 0 Å². The lowest BCUT2D eigenvalue weighted by atomic mass is 10.00. The van der Waals surface area contributed by atoms with E-state index in [1.54, 1.807) is 0 Å². The van der Waals surface area contributed by atoms with Crippen LogP contribution in [0.1, 0.15) is 39.5 Å². The summed E-state index contributed by atoms with van der Waals surface area (Å²) in [6, 6.07) is 0.239. The number of hydrogen-bond donors (Lipinski definition) is 2. The van der Waals surface area contributed by atoms with Crippen molar-refractivity contribution in [1.82, 2.24) is 10.2 Å². The lowest BCUT2D eigenvalue weighted by Crippen LogP contribution is -2.36. The number of halogens is 2. The van der Waals surface area contributed by atoms with Crippen LogP contribution in [0.3, 0.4) is 0 Å². The molecule has 0 saturated heterocycles. The summed E-state index contributed by atoms with van der Waals surface area (Å²) in [5.74, 6) is 0.572. The molecule has 1 saturated carbocycles. The highest BCUT2D eigenvalue weighted by molar-refractivity contribution is 5.85. The summed E-state index contributed by atoms with van der Waals surface area (Å²) >= 11 is 0. The highest BCUT2D eigenvalue weighted by atomic mass is 35.5. The fourth-order valence-electron chi connectivity index (χ4n) is 2.52. The Morgan fingerprint density at radius 2 is 1.89 bits per heavy atom. The van der Waals surface area contributed by atoms with Gasteiger partial charge < -0.3 is 16.0 Å².